The van der Waals surface area contributed by atoms with Gasteiger partial charge in [0.2, 0.25) is 0 Å². The third-order valence-corrected chi connectivity index (χ3v) is 1.42. The molecule has 1 aliphatic rings. The van der Waals surface area contributed by atoms with E-state index in [1.165, 1.54) is 18.4 Å². The largest absolute Gasteiger partial charge is 0.0995 e. The fourth-order valence-corrected chi connectivity index (χ4v) is 0.691. The van der Waals surface area contributed by atoms with Crippen LogP contribution in [0.4, 0.5) is 0 Å². The molecule has 0 heterocycles. The highest BCUT2D eigenvalue weighted by atomic mass is 14.3. The Labute approximate surface area is 38.9 Å². The Morgan fingerprint density at radius 2 is 2.50 bits per heavy atom. The van der Waals surface area contributed by atoms with E-state index in [2.05, 4.69) is 13.5 Å². The molecule has 34 valence electrons. The van der Waals surface area contributed by atoms with Gasteiger partial charge < -0.3 is 0 Å². The van der Waals surface area contributed by atoms with Crippen LogP contribution in [0.5, 0.6) is 0 Å². The minimum absolute atomic E-state index is 0.907. The van der Waals surface area contributed by atoms with Crippen LogP contribution >= 0.6 is 0 Å². The summed E-state index contributed by atoms with van der Waals surface area (Å²) in [4.78, 5) is 0. The topological polar surface area (TPSA) is 0 Å². The molecule has 0 saturated heterocycles. The Morgan fingerprint density at radius 1 is 2.00 bits per heavy atom. The summed E-state index contributed by atoms with van der Waals surface area (Å²) >= 11 is 0. The molecular weight excluding hydrogens is 72.1 g/mol. The van der Waals surface area contributed by atoms with Crippen molar-refractivity contribution in [2.24, 2.45) is 5.92 Å². The average Bonchev–Trinajstić information content (AvgIpc) is 2.19. The van der Waals surface area contributed by atoms with Gasteiger partial charge in [0, 0.05) is 0 Å². The second-order valence-electron chi connectivity index (χ2n) is 1.97. The highest BCUT2D eigenvalue weighted by Gasteiger charge is 2.23. The van der Waals surface area contributed by atoms with Crippen molar-refractivity contribution in [3.8, 4) is 0 Å². The molecule has 1 fully saturated rings. The lowest BCUT2D eigenvalue weighted by molar-refractivity contribution is 0.827. The molecule has 0 spiro atoms. The van der Waals surface area contributed by atoms with Crippen molar-refractivity contribution in [3.63, 3.8) is 0 Å². The predicted octanol–water partition coefficient (Wildman–Crippen LogP) is 1.97. The second kappa shape index (κ2) is 1.11. The number of rotatable bonds is 1. The van der Waals surface area contributed by atoms with Crippen molar-refractivity contribution in [2.45, 2.75) is 19.8 Å². The van der Waals surface area contributed by atoms with Gasteiger partial charge in [-0.1, -0.05) is 19.1 Å². The SMILES string of the molecule is C=C1CC1CC. The molecule has 0 aromatic heterocycles. The molecule has 1 aliphatic carbocycles. The quantitative estimate of drug-likeness (QED) is 0.424. The van der Waals surface area contributed by atoms with E-state index < -0.39 is 0 Å². The Hall–Kier alpha value is -0.260. The lowest BCUT2D eigenvalue weighted by Gasteiger charge is -1.74. The van der Waals surface area contributed by atoms with Crippen LogP contribution in [-0.2, 0) is 0 Å². The van der Waals surface area contributed by atoms with E-state index in [1.807, 2.05) is 0 Å². The van der Waals surface area contributed by atoms with Crippen LogP contribution < -0.4 is 0 Å². The first kappa shape index (κ1) is 3.91. The molecule has 0 amide bonds. The minimum Gasteiger partial charge on any atom is -0.0995 e. The molecule has 0 bridgehead atoms. The maximum absolute atomic E-state index is 3.82. The zero-order valence-electron chi connectivity index (χ0n) is 4.20. The molecule has 1 atom stereocenters. The van der Waals surface area contributed by atoms with E-state index >= 15 is 0 Å². The van der Waals surface area contributed by atoms with E-state index in [0.717, 1.165) is 5.92 Å². The first-order valence-electron chi connectivity index (χ1n) is 2.52. The fourth-order valence-electron chi connectivity index (χ4n) is 0.691. The van der Waals surface area contributed by atoms with Crippen LogP contribution in [0.25, 0.3) is 0 Å². The van der Waals surface area contributed by atoms with Gasteiger partial charge in [0.15, 0.2) is 0 Å². The third-order valence-electron chi connectivity index (χ3n) is 1.42. The highest BCUT2D eigenvalue weighted by molar-refractivity contribution is 5.17. The highest BCUT2D eigenvalue weighted by Crippen LogP contribution is 2.37. The van der Waals surface area contributed by atoms with E-state index in [-0.39, 0.29) is 0 Å². The van der Waals surface area contributed by atoms with Gasteiger partial charge in [-0.15, -0.1) is 0 Å². The van der Waals surface area contributed by atoms with Gasteiger partial charge in [0.1, 0.15) is 0 Å². The second-order valence-corrected chi connectivity index (χ2v) is 1.97. The summed E-state index contributed by atoms with van der Waals surface area (Å²) in [5.41, 5.74) is 1.46. The molecule has 6 heavy (non-hydrogen) atoms. The fraction of sp³-hybridized carbons (Fsp3) is 0.667. The maximum Gasteiger partial charge on any atom is -0.0171 e. The van der Waals surface area contributed by atoms with Gasteiger partial charge in [0.05, 0.1) is 0 Å². The van der Waals surface area contributed by atoms with E-state index in [1.54, 1.807) is 0 Å². The summed E-state index contributed by atoms with van der Waals surface area (Å²) in [6.45, 7) is 6.03. The van der Waals surface area contributed by atoms with Gasteiger partial charge in [-0.05, 0) is 18.8 Å². The van der Waals surface area contributed by atoms with Crippen molar-refractivity contribution in [3.05, 3.63) is 12.2 Å². The average molecular weight is 82.1 g/mol. The van der Waals surface area contributed by atoms with Crippen molar-refractivity contribution in [1.82, 2.24) is 0 Å². The summed E-state index contributed by atoms with van der Waals surface area (Å²) in [6.07, 6.45) is 2.61. The van der Waals surface area contributed by atoms with Gasteiger partial charge >= 0.3 is 0 Å². The Bertz CT molecular complexity index is 72.1. The number of allylic oxidation sites excluding steroid dienone is 1. The van der Waals surface area contributed by atoms with E-state index in [4.69, 9.17) is 0 Å². The van der Waals surface area contributed by atoms with Crippen molar-refractivity contribution in [2.75, 3.05) is 0 Å². The zero-order valence-corrected chi connectivity index (χ0v) is 4.20. The monoisotopic (exact) mass is 82.1 g/mol. The molecule has 1 rings (SSSR count). The summed E-state index contributed by atoms with van der Waals surface area (Å²) < 4.78 is 0. The van der Waals surface area contributed by atoms with E-state index in [0.29, 0.717) is 0 Å². The molecule has 0 aromatic rings. The van der Waals surface area contributed by atoms with Crippen LogP contribution in [-0.4, -0.2) is 0 Å². The smallest absolute Gasteiger partial charge is 0.0171 e. The molecule has 0 aromatic carbocycles. The molecule has 0 heteroatoms. The zero-order chi connectivity index (χ0) is 4.57. The van der Waals surface area contributed by atoms with E-state index in [9.17, 15) is 0 Å². The van der Waals surface area contributed by atoms with Gasteiger partial charge in [0.25, 0.3) is 0 Å². The van der Waals surface area contributed by atoms with Crippen LogP contribution in [0, 0.1) is 5.92 Å². The lowest BCUT2D eigenvalue weighted by Crippen LogP contribution is -1.61. The predicted molar refractivity (Wildman–Crippen MR) is 27.5 cm³/mol. The Morgan fingerprint density at radius 3 is 2.50 bits per heavy atom. The van der Waals surface area contributed by atoms with Gasteiger partial charge in [-0.2, -0.15) is 0 Å². The first-order chi connectivity index (χ1) is 2.84. The van der Waals surface area contributed by atoms with Crippen LogP contribution in [0.15, 0.2) is 12.2 Å². The first-order valence-corrected chi connectivity index (χ1v) is 2.52. The molecule has 0 aliphatic heterocycles. The van der Waals surface area contributed by atoms with Crippen molar-refractivity contribution < 1.29 is 0 Å². The minimum atomic E-state index is 0.907. The summed E-state index contributed by atoms with van der Waals surface area (Å²) in [5, 5.41) is 0. The summed E-state index contributed by atoms with van der Waals surface area (Å²) in [6, 6.07) is 0. The van der Waals surface area contributed by atoms with Gasteiger partial charge in [-0.25, -0.2) is 0 Å². The Balaban J connectivity index is 2.26. The van der Waals surface area contributed by atoms with Crippen LogP contribution in [0.2, 0.25) is 0 Å². The summed E-state index contributed by atoms with van der Waals surface area (Å²) in [5.74, 6) is 0.907. The molecule has 0 N–H and O–H groups in total. The lowest BCUT2D eigenvalue weighted by atomic mass is 10.3. The maximum atomic E-state index is 3.82. The van der Waals surface area contributed by atoms with Crippen LogP contribution in [0.1, 0.15) is 19.8 Å². The molecule has 0 radical (unpaired) electrons. The number of hydrogen-bond donors (Lipinski definition) is 0. The summed E-state index contributed by atoms with van der Waals surface area (Å²) in [7, 11) is 0. The molecule has 1 unspecified atom stereocenters. The standard InChI is InChI=1S/C6H10/c1-3-6-4-5(6)2/h6H,2-4H2,1H3. The molecular formula is C6H10. The normalized spacial score (nSPS) is 30.8. The van der Waals surface area contributed by atoms with Gasteiger partial charge in [-0.3, -0.25) is 0 Å². The number of hydrogen-bond acceptors (Lipinski definition) is 0. The third kappa shape index (κ3) is 0.469. The Kier molecular flexibility index (Phi) is 0.722. The molecule has 1 saturated carbocycles. The van der Waals surface area contributed by atoms with Crippen molar-refractivity contribution >= 4 is 0 Å². The molecule has 0 nitrogen and oxygen atoms in total. The van der Waals surface area contributed by atoms with Crippen molar-refractivity contribution in [1.29, 1.82) is 0 Å². The van der Waals surface area contributed by atoms with Crippen LogP contribution in [0.3, 0.4) is 0 Å².